The van der Waals surface area contributed by atoms with Gasteiger partial charge < -0.3 is 9.88 Å². The summed E-state index contributed by atoms with van der Waals surface area (Å²) in [5.74, 6) is -0.231. The summed E-state index contributed by atoms with van der Waals surface area (Å²) < 4.78 is 15.6. The second-order valence-electron chi connectivity index (χ2n) is 4.29. The molecule has 1 N–H and O–H groups in total. The van der Waals surface area contributed by atoms with E-state index >= 15 is 0 Å². The Hall–Kier alpha value is -1.20. The molecule has 0 saturated carbocycles. The minimum absolute atomic E-state index is 0.231. The van der Waals surface area contributed by atoms with Gasteiger partial charge in [0.05, 0.1) is 10.8 Å². The van der Waals surface area contributed by atoms with Crippen molar-refractivity contribution in [3.8, 4) is 0 Å². The lowest BCUT2D eigenvalue weighted by Crippen LogP contribution is -2.29. The van der Waals surface area contributed by atoms with Crippen LogP contribution >= 0.6 is 15.9 Å². The van der Waals surface area contributed by atoms with Gasteiger partial charge in [-0.05, 0) is 40.5 Å². The molecule has 0 aliphatic rings. The Balaban J connectivity index is 1.85. The molecule has 1 aromatic carbocycles. The Bertz CT molecular complexity index is 499. The van der Waals surface area contributed by atoms with Gasteiger partial charge >= 0.3 is 0 Å². The van der Waals surface area contributed by atoms with E-state index in [1.54, 1.807) is 24.7 Å². The van der Waals surface area contributed by atoms with Gasteiger partial charge in [-0.1, -0.05) is 6.07 Å². The van der Waals surface area contributed by atoms with E-state index in [0.717, 1.165) is 18.7 Å². The molecule has 1 aromatic heterocycles. The number of hydrogen-bond acceptors (Lipinski definition) is 2. The van der Waals surface area contributed by atoms with Gasteiger partial charge in [0.15, 0.2) is 0 Å². The van der Waals surface area contributed by atoms with E-state index in [1.165, 1.54) is 6.07 Å². The molecule has 0 fully saturated rings. The van der Waals surface area contributed by atoms with Crippen molar-refractivity contribution in [1.29, 1.82) is 0 Å². The minimum atomic E-state index is -0.231. The Labute approximate surface area is 114 Å². The van der Waals surface area contributed by atoms with Crippen LogP contribution in [-0.2, 0) is 13.1 Å². The third kappa shape index (κ3) is 3.65. The van der Waals surface area contributed by atoms with Crippen molar-refractivity contribution in [2.75, 3.05) is 0 Å². The highest BCUT2D eigenvalue weighted by Gasteiger charge is 2.04. The SMILES string of the molecule is CC(Cn1ccnc1)NCc1ccc(F)c(Br)c1. The van der Waals surface area contributed by atoms with E-state index in [9.17, 15) is 4.39 Å². The van der Waals surface area contributed by atoms with Crippen LogP contribution in [-0.4, -0.2) is 15.6 Å². The maximum absolute atomic E-state index is 13.1. The molecule has 2 rings (SSSR count). The number of nitrogens with zero attached hydrogens (tertiary/aromatic N) is 2. The van der Waals surface area contributed by atoms with Crippen molar-refractivity contribution < 1.29 is 4.39 Å². The quantitative estimate of drug-likeness (QED) is 0.920. The van der Waals surface area contributed by atoms with E-state index in [1.807, 2.05) is 10.8 Å². The lowest BCUT2D eigenvalue weighted by molar-refractivity contribution is 0.476. The Morgan fingerprint density at radius 3 is 3.00 bits per heavy atom. The van der Waals surface area contributed by atoms with Crippen molar-refractivity contribution >= 4 is 15.9 Å². The van der Waals surface area contributed by atoms with Gasteiger partial charge in [0, 0.05) is 31.5 Å². The van der Waals surface area contributed by atoms with Crippen LogP contribution in [0.1, 0.15) is 12.5 Å². The molecule has 1 heterocycles. The van der Waals surface area contributed by atoms with Crippen LogP contribution < -0.4 is 5.32 Å². The van der Waals surface area contributed by atoms with Crippen LogP contribution in [0.25, 0.3) is 0 Å². The Kier molecular flexibility index (Phi) is 4.49. The fourth-order valence-corrected chi connectivity index (χ4v) is 2.14. The molecular formula is C13H15BrFN3. The van der Waals surface area contributed by atoms with E-state index < -0.39 is 0 Å². The minimum Gasteiger partial charge on any atom is -0.336 e. The first-order valence-electron chi connectivity index (χ1n) is 5.78. The number of hydrogen-bond donors (Lipinski definition) is 1. The van der Waals surface area contributed by atoms with Crippen LogP contribution in [0.3, 0.4) is 0 Å². The molecule has 1 unspecified atom stereocenters. The summed E-state index contributed by atoms with van der Waals surface area (Å²) in [5.41, 5.74) is 1.06. The highest BCUT2D eigenvalue weighted by Crippen LogP contribution is 2.16. The average Bonchev–Trinajstić information content (AvgIpc) is 2.83. The monoisotopic (exact) mass is 311 g/mol. The van der Waals surface area contributed by atoms with Gasteiger partial charge in [-0.15, -0.1) is 0 Å². The standard InChI is InChI=1S/C13H15BrFN3/c1-10(8-18-5-4-16-9-18)17-7-11-2-3-13(15)12(14)6-11/h2-6,9-10,17H,7-8H2,1H3. The maximum Gasteiger partial charge on any atom is 0.137 e. The molecule has 3 nitrogen and oxygen atoms in total. The van der Waals surface area contributed by atoms with Crippen molar-refractivity contribution in [3.63, 3.8) is 0 Å². The number of nitrogens with one attached hydrogen (secondary N) is 1. The fraction of sp³-hybridized carbons (Fsp3) is 0.308. The first-order chi connectivity index (χ1) is 8.65. The highest BCUT2D eigenvalue weighted by molar-refractivity contribution is 9.10. The number of imidazole rings is 1. The summed E-state index contributed by atoms with van der Waals surface area (Å²) in [6.45, 7) is 3.69. The molecule has 1 atom stereocenters. The van der Waals surface area contributed by atoms with Gasteiger partial charge in [0.1, 0.15) is 5.82 Å². The van der Waals surface area contributed by atoms with Gasteiger partial charge in [-0.2, -0.15) is 0 Å². The second kappa shape index (κ2) is 6.11. The zero-order valence-electron chi connectivity index (χ0n) is 10.1. The van der Waals surface area contributed by atoms with Gasteiger partial charge in [0.2, 0.25) is 0 Å². The predicted octanol–water partition coefficient (Wildman–Crippen LogP) is 2.96. The van der Waals surface area contributed by atoms with E-state index in [2.05, 4.69) is 33.2 Å². The van der Waals surface area contributed by atoms with E-state index in [-0.39, 0.29) is 5.82 Å². The van der Waals surface area contributed by atoms with E-state index in [0.29, 0.717) is 10.5 Å². The van der Waals surface area contributed by atoms with Crippen LogP contribution in [0.4, 0.5) is 4.39 Å². The van der Waals surface area contributed by atoms with Gasteiger partial charge in [-0.3, -0.25) is 0 Å². The summed E-state index contributed by atoms with van der Waals surface area (Å²) in [7, 11) is 0. The molecular weight excluding hydrogens is 297 g/mol. The van der Waals surface area contributed by atoms with Crippen molar-refractivity contribution in [2.45, 2.75) is 26.1 Å². The molecule has 0 amide bonds. The van der Waals surface area contributed by atoms with Crippen molar-refractivity contribution in [3.05, 3.63) is 52.8 Å². The molecule has 0 spiro atoms. The third-order valence-corrected chi connectivity index (χ3v) is 3.29. The van der Waals surface area contributed by atoms with Crippen LogP contribution in [0.2, 0.25) is 0 Å². The van der Waals surface area contributed by atoms with Crippen molar-refractivity contribution in [2.24, 2.45) is 0 Å². The average molecular weight is 312 g/mol. The molecule has 18 heavy (non-hydrogen) atoms. The lowest BCUT2D eigenvalue weighted by Gasteiger charge is -2.14. The topological polar surface area (TPSA) is 29.9 Å². The number of benzene rings is 1. The summed E-state index contributed by atoms with van der Waals surface area (Å²) in [6, 6.07) is 5.38. The molecule has 0 aliphatic heterocycles. The third-order valence-electron chi connectivity index (χ3n) is 2.68. The summed E-state index contributed by atoms with van der Waals surface area (Å²) in [4.78, 5) is 4.00. The van der Waals surface area contributed by atoms with Crippen LogP contribution in [0.15, 0.2) is 41.4 Å². The Morgan fingerprint density at radius 1 is 1.50 bits per heavy atom. The molecule has 5 heteroatoms. The first-order valence-corrected chi connectivity index (χ1v) is 6.57. The first kappa shape index (κ1) is 13.2. The number of aromatic nitrogens is 2. The molecule has 0 radical (unpaired) electrons. The fourth-order valence-electron chi connectivity index (χ4n) is 1.72. The lowest BCUT2D eigenvalue weighted by atomic mass is 10.2. The van der Waals surface area contributed by atoms with Gasteiger partial charge in [-0.25, -0.2) is 9.37 Å². The number of halogens is 2. The van der Waals surface area contributed by atoms with Gasteiger partial charge in [0.25, 0.3) is 0 Å². The molecule has 96 valence electrons. The summed E-state index contributed by atoms with van der Waals surface area (Å²) >= 11 is 3.19. The summed E-state index contributed by atoms with van der Waals surface area (Å²) in [5, 5.41) is 3.39. The largest absolute Gasteiger partial charge is 0.336 e. The summed E-state index contributed by atoms with van der Waals surface area (Å²) in [6.07, 6.45) is 5.50. The second-order valence-corrected chi connectivity index (χ2v) is 5.14. The molecule has 0 saturated heterocycles. The smallest absolute Gasteiger partial charge is 0.137 e. The number of rotatable bonds is 5. The zero-order chi connectivity index (χ0) is 13.0. The molecule has 0 bridgehead atoms. The Morgan fingerprint density at radius 2 is 2.33 bits per heavy atom. The van der Waals surface area contributed by atoms with Crippen LogP contribution in [0, 0.1) is 5.82 Å². The highest BCUT2D eigenvalue weighted by atomic mass is 79.9. The zero-order valence-corrected chi connectivity index (χ0v) is 11.7. The van der Waals surface area contributed by atoms with Crippen LogP contribution in [0.5, 0.6) is 0 Å². The maximum atomic E-state index is 13.1. The molecule has 0 aliphatic carbocycles. The normalized spacial score (nSPS) is 12.6. The van der Waals surface area contributed by atoms with Crippen molar-refractivity contribution in [1.82, 2.24) is 14.9 Å². The van der Waals surface area contributed by atoms with E-state index in [4.69, 9.17) is 0 Å². The predicted molar refractivity (Wildman–Crippen MR) is 72.6 cm³/mol. The molecule has 2 aromatic rings.